The second-order valence-electron chi connectivity index (χ2n) is 5.67. The van der Waals surface area contributed by atoms with Gasteiger partial charge in [0.1, 0.15) is 6.54 Å². The van der Waals surface area contributed by atoms with Crippen LogP contribution >= 0.6 is 11.6 Å². The Hall–Kier alpha value is -2.64. The Labute approximate surface area is 156 Å². The van der Waals surface area contributed by atoms with Crippen molar-refractivity contribution in [1.29, 1.82) is 0 Å². The van der Waals surface area contributed by atoms with Crippen molar-refractivity contribution in [2.45, 2.75) is 0 Å². The van der Waals surface area contributed by atoms with Crippen LogP contribution in [0.1, 0.15) is 0 Å². The molecule has 0 unspecified atom stereocenters. The van der Waals surface area contributed by atoms with Crippen molar-refractivity contribution in [3.8, 4) is 0 Å². The molecule has 1 amide bonds. The largest absolute Gasteiger partial charge is 0.323 e. The van der Waals surface area contributed by atoms with Crippen LogP contribution in [0.25, 0.3) is 10.9 Å². The molecule has 6 nitrogen and oxygen atoms in total. The van der Waals surface area contributed by atoms with E-state index in [1.807, 2.05) is 12.1 Å². The van der Waals surface area contributed by atoms with Gasteiger partial charge in [0.25, 0.3) is 0 Å². The van der Waals surface area contributed by atoms with Gasteiger partial charge in [-0.1, -0.05) is 29.8 Å². The van der Waals surface area contributed by atoms with Gasteiger partial charge in [0.05, 0.1) is 23.1 Å². The van der Waals surface area contributed by atoms with Crippen molar-refractivity contribution < 1.29 is 13.2 Å². The van der Waals surface area contributed by atoms with E-state index >= 15 is 0 Å². The summed E-state index contributed by atoms with van der Waals surface area (Å²) >= 11 is 5.84. The Balaban J connectivity index is 1.85. The van der Waals surface area contributed by atoms with Gasteiger partial charge in [-0.3, -0.25) is 14.1 Å². The van der Waals surface area contributed by atoms with Crippen LogP contribution < -0.4 is 9.62 Å². The highest BCUT2D eigenvalue weighted by Gasteiger charge is 2.21. The number of hydrogen-bond donors (Lipinski definition) is 1. The van der Waals surface area contributed by atoms with Crippen molar-refractivity contribution >= 4 is 49.8 Å². The van der Waals surface area contributed by atoms with Crippen LogP contribution in [-0.4, -0.2) is 32.1 Å². The third kappa shape index (κ3) is 4.12. The van der Waals surface area contributed by atoms with Gasteiger partial charge >= 0.3 is 0 Å². The molecule has 0 aliphatic carbocycles. The fourth-order valence-electron chi connectivity index (χ4n) is 2.53. The average Bonchev–Trinajstić information content (AvgIpc) is 2.60. The number of para-hydroxylation sites is 1. The number of anilines is 2. The number of hydrogen-bond acceptors (Lipinski definition) is 4. The molecule has 134 valence electrons. The Kier molecular flexibility index (Phi) is 5.11. The fourth-order valence-corrected chi connectivity index (χ4v) is 3.52. The lowest BCUT2D eigenvalue weighted by molar-refractivity contribution is -0.114. The molecule has 3 rings (SSSR count). The number of nitrogens with zero attached hydrogens (tertiary/aromatic N) is 2. The summed E-state index contributed by atoms with van der Waals surface area (Å²) in [6, 6.07) is 15.3. The van der Waals surface area contributed by atoms with Gasteiger partial charge in [-0.05, 0) is 36.4 Å². The standard InChI is InChI=1S/C18H16ClN3O3S/c1-26(24,25)22(15-9-7-14(19)8-10-15)12-17(23)21-16-6-2-4-13-5-3-11-20-18(13)16/h2-11H,12H2,1H3,(H,21,23). The minimum atomic E-state index is -3.65. The van der Waals surface area contributed by atoms with Crippen molar-refractivity contribution in [2.75, 3.05) is 22.4 Å². The van der Waals surface area contributed by atoms with Gasteiger partial charge in [0, 0.05) is 16.6 Å². The van der Waals surface area contributed by atoms with Gasteiger partial charge in [0.15, 0.2) is 0 Å². The highest BCUT2D eigenvalue weighted by Crippen LogP contribution is 2.22. The number of halogens is 1. The maximum atomic E-state index is 12.5. The first-order valence-electron chi connectivity index (χ1n) is 7.71. The van der Waals surface area contributed by atoms with Gasteiger partial charge in [-0.25, -0.2) is 8.42 Å². The van der Waals surface area contributed by atoms with Gasteiger partial charge in [-0.2, -0.15) is 0 Å². The van der Waals surface area contributed by atoms with Crippen molar-refractivity contribution in [3.05, 3.63) is 65.8 Å². The van der Waals surface area contributed by atoms with Crippen molar-refractivity contribution in [3.63, 3.8) is 0 Å². The molecule has 26 heavy (non-hydrogen) atoms. The third-order valence-electron chi connectivity index (χ3n) is 3.71. The molecule has 0 atom stereocenters. The summed E-state index contributed by atoms with van der Waals surface area (Å²) in [5.74, 6) is -0.469. The Morgan fingerprint density at radius 1 is 1.12 bits per heavy atom. The Morgan fingerprint density at radius 3 is 2.50 bits per heavy atom. The number of rotatable bonds is 5. The number of benzene rings is 2. The molecule has 0 aliphatic heterocycles. The SMILES string of the molecule is CS(=O)(=O)N(CC(=O)Nc1cccc2cccnc12)c1ccc(Cl)cc1. The smallest absolute Gasteiger partial charge is 0.245 e. The van der Waals surface area contributed by atoms with E-state index in [2.05, 4.69) is 10.3 Å². The van der Waals surface area contributed by atoms with Crippen LogP contribution in [0.3, 0.4) is 0 Å². The number of carbonyl (C=O) groups excluding carboxylic acids is 1. The van der Waals surface area contributed by atoms with E-state index in [0.717, 1.165) is 15.9 Å². The van der Waals surface area contributed by atoms with E-state index in [-0.39, 0.29) is 6.54 Å². The molecule has 0 bridgehead atoms. The lowest BCUT2D eigenvalue weighted by Gasteiger charge is -2.22. The van der Waals surface area contributed by atoms with E-state index in [0.29, 0.717) is 21.9 Å². The number of amides is 1. The summed E-state index contributed by atoms with van der Waals surface area (Å²) in [6.45, 7) is -0.357. The van der Waals surface area contributed by atoms with Gasteiger partial charge in [-0.15, -0.1) is 0 Å². The monoisotopic (exact) mass is 389 g/mol. The van der Waals surface area contributed by atoms with E-state index in [4.69, 9.17) is 11.6 Å². The molecule has 0 fully saturated rings. The maximum absolute atomic E-state index is 12.5. The zero-order chi connectivity index (χ0) is 18.7. The number of fused-ring (bicyclic) bond motifs is 1. The minimum Gasteiger partial charge on any atom is -0.323 e. The zero-order valence-electron chi connectivity index (χ0n) is 13.9. The van der Waals surface area contributed by atoms with Crippen LogP contribution in [0.15, 0.2) is 60.8 Å². The third-order valence-corrected chi connectivity index (χ3v) is 5.10. The topological polar surface area (TPSA) is 79.4 Å². The van der Waals surface area contributed by atoms with Gasteiger partial charge in [0.2, 0.25) is 15.9 Å². The molecule has 0 spiro atoms. The van der Waals surface area contributed by atoms with Crippen molar-refractivity contribution in [1.82, 2.24) is 4.98 Å². The van der Waals surface area contributed by atoms with Crippen LogP contribution in [0.2, 0.25) is 5.02 Å². The molecule has 0 radical (unpaired) electrons. The first-order valence-corrected chi connectivity index (χ1v) is 9.94. The summed E-state index contributed by atoms with van der Waals surface area (Å²) < 4.78 is 25.3. The first kappa shape index (κ1) is 18.2. The first-order chi connectivity index (χ1) is 12.3. The molecule has 8 heteroatoms. The molecule has 1 aromatic heterocycles. The number of sulfonamides is 1. The molecule has 3 aromatic rings. The van der Waals surface area contributed by atoms with E-state index in [1.165, 1.54) is 0 Å². The number of carbonyl (C=O) groups is 1. The van der Waals surface area contributed by atoms with E-state index < -0.39 is 15.9 Å². The number of pyridine rings is 1. The van der Waals surface area contributed by atoms with Crippen LogP contribution in [0.4, 0.5) is 11.4 Å². The summed E-state index contributed by atoms with van der Waals surface area (Å²) in [4.78, 5) is 16.8. The average molecular weight is 390 g/mol. The predicted molar refractivity (Wildman–Crippen MR) is 104 cm³/mol. The Morgan fingerprint density at radius 2 is 1.81 bits per heavy atom. The molecule has 0 aliphatic rings. The summed E-state index contributed by atoms with van der Waals surface area (Å²) in [6.07, 6.45) is 2.68. The quantitative estimate of drug-likeness (QED) is 0.726. The van der Waals surface area contributed by atoms with Crippen LogP contribution in [-0.2, 0) is 14.8 Å². The molecule has 1 N–H and O–H groups in total. The normalized spacial score (nSPS) is 11.3. The fraction of sp³-hybridized carbons (Fsp3) is 0.111. The molecule has 2 aromatic carbocycles. The van der Waals surface area contributed by atoms with E-state index in [1.54, 1.807) is 48.7 Å². The highest BCUT2D eigenvalue weighted by atomic mass is 35.5. The Bertz CT molecular complexity index is 1050. The molecular weight excluding hydrogens is 374 g/mol. The molecule has 0 saturated heterocycles. The number of nitrogens with one attached hydrogen (secondary N) is 1. The number of aromatic nitrogens is 1. The van der Waals surface area contributed by atoms with Crippen LogP contribution in [0.5, 0.6) is 0 Å². The lowest BCUT2D eigenvalue weighted by Crippen LogP contribution is -2.37. The van der Waals surface area contributed by atoms with E-state index in [9.17, 15) is 13.2 Å². The molecular formula is C18H16ClN3O3S. The highest BCUT2D eigenvalue weighted by molar-refractivity contribution is 7.92. The minimum absolute atomic E-state index is 0.357. The maximum Gasteiger partial charge on any atom is 0.245 e. The van der Waals surface area contributed by atoms with Crippen LogP contribution in [0, 0.1) is 0 Å². The second kappa shape index (κ2) is 7.31. The van der Waals surface area contributed by atoms with Crippen molar-refractivity contribution in [2.24, 2.45) is 0 Å². The second-order valence-corrected chi connectivity index (χ2v) is 8.02. The van der Waals surface area contributed by atoms with Gasteiger partial charge < -0.3 is 5.32 Å². The summed E-state index contributed by atoms with van der Waals surface area (Å²) in [5, 5.41) is 4.09. The lowest BCUT2D eigenvalue weighted by atomic mass is 10.2. The predicted octanol–water partition coefficient (Wildman–Crippen LogP) is 3.29. The summed E-state index contributed by atoms with van der Waals surface area (Å²) in [7, 11) is -3.65. The summed E-state index contributed by atoms with van der Waals surface area (Å²) in [5.41, 5.74) is 1.53. The molecule has 1 heterocycles. The molecule has 0 saturated carbocycles. The zero-order valence-corrected chi connectivity index (χ0v) is 15.5.